The van der Waals surface area contributed by atoms with Crippen LogP contribution in [0.5, 0.6) is 0 Å². The number of aromatic nitrogens is 1. The molecule has 17 heavy (non-hydrogen) atoms. The number of rotatable bonds is 3. The molecule has 2 rings (SSSR count). The van der Waals surface area contributed by atoms with Gasteiger partial charge in [-0.05, 0) is 30.3 Å². The maximum Gasteiger partial charge on any atom is 0.335 e. The van der Waals surface area contributed by atoms with Crippen molar-refractivity contribution in [3.63, 3.8) is 0 Å². The number of aromatic carboxylic acids is 1. The van der Waals surface area contributed by atoms with Gasteiger partial charge in [0.25, 0.3) is 0 Å². The Morgan fingerprint density at radius 2 is 1.94 bits per heavy atom. The summed E-state index contributed by atoms with van der Waals surface area (Å²) in [5.41, 5.74) is 1.54. The molecule has 0 bridgehead atoms. The highest BCUT2D eigenvalue weighted by atomic mass is 35.5. The molecule has 0 atom stereocenters. The molecular formula is C12H9ClN2O2. The van der Waals surface area contributed by atoms with Crippen LogP contribution in [0.2, 0.25) is 5.02 Å². The summed E-state index contributed by atoms with van der Waals surface area (Å²) in [5.74, 6) is -0.987. The van der Waals surface area contributed by atoms with E-state index in [1.165, 1.54) is 12.1 Å². The fourth-order valence-electron chi connectivity index (χ4n) is 1.34. The molecule has 0 radical (unpaired) electrons. The van der Waals surface area contributed by atoms with Crippen LogP contribution in [0.4, 0.5) is 11.4 Å². The number of pyridine rings is 1. The number of hydrogen-bond donors (Lipinski definition) is 2. The van der Waals surface area contributed by atoms with Gasteiger partial charge in [0.05, 0.1) is 16.3 Å². The molecule has 0 saturated heterocycles. The van der Waals surface area contributed by atoms with Gasteiger partial charge in [-0.3, -0.25) is 4.98 Å². The van der Waals surface area contributed by atoms with E-state index in [0.717, 1.165) is 5.69 Å². The van der Waals surface area contributed by atoms with E-state index in [-0.39, 0.29) is 5.56 Å². The van der Waals surface area contributed by atoms with Gasteiger partial charge in [0.1, 0.15) is 0 Å². The highest BCUT2D eigenvalue weighted by molar-refractivity contribution is 6.33. The first kappa shape index (κ1) is 11.4. The van der Waals surface area contributed by atoms with Crippen molar-refractivity contribution in [2.75, 3.05) is 5.32 Å². The Morgan fingerprint density at radius 1 is 1.24 bits per heavy atom. The van der Waals surface area contributed by atoms with Gasteiger partial charge >= 0.3 is 5.97 Å². The fourth-order valence-corrected chi connectivity index (χ4v) is 1.51. The summed E-state index contributed by atoms with van der Waals surface area (Å²) in [6.07, 6.45) is 3.27. The molecule has 0 amide bonds. The summed E-state index contributed by atoms with van der Waals surface area (Å²) in [6.45, 7) is 0. The normalized spacial score (nSPS) is 9.94. The van der Waals surface area contributed by atoms with Crippen LogP contribution < -0.4 is 5.32 Å². The molecule has 2 aromatic rings. The Bertz CT molecular complexity index is 543. The molecule has 1 aromatic heterocycles. The van der Waals surface area contributed by atoms with Crippen LogP contribution >= 0.6 is 11.6 Å². The standard InChI is InChI=1S/C12H9ClN2O2/c13-10-2-1-8(12(16)17)7-11(10)15-9-3-5-14-6-4-9/h1-7H,(H,14,15)(H,16,17). The van der Waals surface area contributed by atoms with Gasteiger partial charge in [-0.25, -0.2) is 4.79 Å². The molecular weight excluding hydrogens is 240 g/mol. The van der Waals surface area contributed by atoms with Crippen molar-refractivity contribution in [2.45, 2.75) is 0 Å². The van der Waals surface area contributed by atoms with E-state index in [4.69, 9.17) is 16.7 Å². The van der Waals surface area contributed by atoms with Gasteiger partial charge in [-0.1, -0.05) is 11.6 Å². The van der Waals surface area contributed by atoms with E-state index >= 15 is 0 Å². The van der Waals surface area contributed by atoms with Gasteiger partial charge in [-0.2, -0.15) is 0 Å². The summed E-state index contributed by atoms with van der Waals surface area (Å²) < 4.78 is 0. The van der Waals surface area contributed by atoms with E-state index in [0.29, 0.717) is 10.7 Å². The molecule has 0 unspecified atom stereocenters. The first-order valence-electron chi connectivity index (χ1n) is 4.87. The average Bonchev–Trinajstić information content (AvgIpc) is 2.33. The van der Waals surface area contributed by atoms with Crippen LogP contribution in [0.3, 0.4) is 0 Å². The molecule has 1 heterocycles. The van der Waals surface area contributed by atoms with E-state index < -0.39 is 5.97 Å². The third-order valence-electron chi connectivity index (χ3n) is 2.17. The zero-order valence-electron chi connectivity index (χ0n) is 8.72. The van der Waals surface area contributed by atoms with E-state index in [2.05, 4.69) is 10.3 Å². The van der Waals surface area contributed by atoms with Crippen molar-refractivity contribution in [1.82, 2.24) is 4.98 Å². The van der Waals surface area contributed by atoms with E-state index in [1.54, 1.807) is 30.6 Å². The SMILES string of the molecule is O=C(O)c1ccc(Cl)c(Nc2ccncc2)c1. The molecule has 0 aliphatic heterocycles. The second-order valence-electron chi connectivity index (χ2n) is 3.36. The molecule has 1 aromatic carbocycles. The molecule has 86 valence electrons. The number of carboxylic acid groups (broad SMARTS) is 1. The fraction of sp³-hybridized carbons (Fsp3) is 0. The van der Waals surface area contributed by atoms with Crippen molar-refractivity contribution < 1.29 is 9.90 Å². The first-order chi connectivity index (χ1) is 8.16. The Balaban J connectivity index is 2.32. The lowest BCUT2D eigenvalue weighted by Gasteiger charge is -2.08. The van der Waals surface area contributed by atoms with Crippen LogP contribution in [0.1, 0.15) is 10.4 Å². The van der Waals surface area contributed by atoms with Gasteiger partial charge in [-0.15, -0.1) is 0 Å². The quantitative estimate of drug-likeness (QED) is 0.876. The smallest absolute Gasteiger partial charge is 0.335 e. The molecule has 0 fully saturated rings. The van der Waals surface area contributed by atoms with Gasteiger partial charge < -0.3 is 10.4 Å². The number of carbonyl (C=O) groups is 1. The number of carboxylic acids is 1. The summed E-state index contributed by atoms with van der Waals surface area (Å²) in [7, 11) is 0. The predicted octanol–water partition coefficient (Wildman–Crippen LogP) is 3.18. The number of benzene rings is 1. The zero-order chi connectivity index (χ0) is 12.3. The van der Waals surface area contributed by atoms with Crippen molar-refractivity contribution >= 4 is 28.9 Å². The van der Waals surface area contributed by atoms with Gasteiger partial charge in [0.2, 0.25) is 0 Å². The lowest BCUT2D eigenvalue weighted by molar-refractivity contribution is 0.0697. The van der Waals surface area contributed by atoms with Crippen LogP contribution in [-0.4, -0.2) is 16.1 Å². The minimum absolute atomic E-state index is 0.186. The maximum atomic E-state index is 10.8. The van der Waals surface area contributed by atoms with Crippen molar-refractivity contribution in [1.29, 1.82) is 0 Å². The molecule has 0 aliphatic rings. The maximum absolute atomic E-state index is 10.8. The minimum atomic E-state index is -0.987. The van der Waals surface area contributed by atoms with Gasteiger partial charge in [0.15, 0.2) is 0 Å². The predicted molar refractivity (Wildman–Crippen MR) is 65.9 cm³/mol. The second-order valence-corrected chi connectivity index (χ2v) is 3.77. The molecule has 0 aliphatic carbocycles. The topological polar surface area (TPSA) is 62.2 Å². The second kappa shape index (κ2) is 4.84. The molecule has 2 N–H and O–H groups in total. The van der Waals surface area contributed by atoms with Crippen LogP contribution in [0.25, 0.3) is 0 Å². The molecule has 0 spiro atoms. The molecule has 4 nitrogen and oxygen atoms in total. The zero-order valence-corrected chi connectivity index (χ0v) is 9.48. The Hall–Kier alpha value is -2.07. The van der Waals surface area contributed by atoms with E-state index in [9.17, 15) is 4.79 Å². The summed E-state index contributed by atoms with van der Waals surface area (Å²) in [5, 5.41) is 12.4. The van der Waals surface area contributed by atoms with Gasteiger partial charge in [0, 0.05) is 18.1 Å². The lowest BCUT2D eigenvalue weighted by Crippen LogP contribution is -1.98. The molecule has 0 saturated carbocycles. The monoisotopic (exact) mass is 248 g/mol. The summed E-state index contributed by atoms with van der Waals surface area (Å²) in [4.78, 5) is 14.7. The van der Waals surface area contributed by atoms with Crippen LogP contribution in [0.15, 0.2) is 42.7 Å². The highest BCUT2D eigenvalue weighted by Gasteiger charge is 2.07. The van der Waals surface area contributed by atoms with Crippen LogP contribution in [-0.2, 0) is 0 Å². The van der Waals surface area contributed by atoms with Crippen LogP contribution in [0, 0.1) is 0 Å². The van der Waals surface area contributed by atoms with Crippen molar-refractivity contribution in [2.24, 2.45) is 0 Å². The number of anilines is 2. The lowest BCUT2D eigenvalue weighted by atomic mass is 10.2. The number of halogens is 1. The third-order valence-corrected chi connectivity index (χ3v) is 2.50. The number of nitrogens with one attached hydrogen (secondary N) is 1. The minimum Gasteiger partial charge on any atom is -0.478 e. The third kappa shape index (κ3) is 2.73. The summed E-state index contributed by atoms with van der Waals surface area (Å²) in [6, 6.07) is 8.04. The van der Waals surface area contributed by atoms with Crippen molar-refractivity contribution in [3.05, 3.63) is 53.3 Å². The molecule has 5 heteroatoms. The van der Waals surface area contributed by atoms with Crippen molar-refractivity contribution in [3.8, 4) is 0 Å². The number of hydrogen-bond acceptors (Lipinski definition) is 3. The average molecular weight is 249 g/mol. The Kier molecular flexibility index (Phi) is 3.25. The Morgan fingerprint density at radius 3 is 2.59 bits per heavy atom. The first-order valence-corrected chi connectivity index (χ1v) is 5.24. The Labute approximate surface area is 103 Å². The number of nitrogens with zero attached hydrogens (tertiary/aromatic N) is 1. The largest absolute Gasteiger partial charge is 0.478 e. The van der Waals surface area contributed by atoms with E-state index in [1.807, 2.05) is 0 Å². The summed E-state index contributed by atoms with van der Waals surface area (Å²) >= 11 is 5.98. The highest BCUT2D eigenvalue weighted by Crippen LogP contribution is 2.26.